The second kappa shape index (κ2) is 5.78. The maximum absolute atomic E-state index is 11.0. The molecule has 0 saturated heterocycles. The summed E-state index contributed by atoms with van der Waals surface area (Å²) in [5, 5.41) is 11.6. The summed E-state index contributed by atoms with van der Waals surface area (Å²) in [6.45, 7) is 1.94. The van der Waals surface area contributed by atoms with Crippen LogP contribution in [0.15, 0.2) is 12.4 Å². The number of anilines is 1. The van der Waals surface area contributed by atoms with Crippen LogP contribution in [0.3, 0.4) is 0 Å². The van der Waals surface area contributed by atoms with Gasteiger partial charge < -0.3 is 16.2 Å². The van der Waals surface area contributed by atoms with Gasteiger partial charge in [-0.3, -0.25) is 9.59 Å². The van der Waals surface area contributed by atoms with Crippen molar-refractivity contribution in [1.82, 2.24) is 9.97 Å². The minimum atomic E-state index is -0.899. The van der Waals surface area contributed by atoms with Gasteiger partial charge in [0.1, 0.15) is 0 Å². The highest BCUT2D eigenvalue weighted by molar-refractivity contribution is 5.95. The van der Waals surface area contributed by atoms with Gasteiger partial charge in [0.05, 0.1) is 5.92 Å². The molecule has 0 fully saturated rings. The van der Waals surface area contributed by atoms with E-state index in [4.69, 9.17) is 10.8 Å². The lowest BCUT2D eigenvalue weighted by molar-refractivity contribution is -0.141. The predicted molar refractivity (Wildman–Crippen MR) is 60.5 cm³/mol. The summed E-state index contributed by atoms with van der Waals surface area (Å²) in [5.41, 5.74) is 5.12. The molecule has 4 N–H and O–H groups in total. The van der Waals surface area contributed by atoms with Crippen molar-refractivity contribution in [3.05, 3.63) is 18.1 Å². The van der Waals surface area contributed by atoms with Crippen molar-refractivity contribution < 1.29 is 14.7 Å². The maximum atomic E-state index is 11.0. The molecule has 0 radical (unpaired) electrons. The number of carbonyl (C=O) groups excluding carboxylic acids is 1. The molecule has 0 saturated carbocycles. The third-order valence-corrected chi connectivity index (χ3v) is 2.29. The number of carbonyl (C=O) groups is 2. The minimum absolute atomic E-state index is 0.00717. The fourth-order valence-electron chi connectivity index (χ4n) is 1.27. The van der Waals surface area contributed by atoms with E-state index in [0.717, 1.165) is 0 Å². The van der Waals surface area contributed by atoms with E-state index in [1.807, 2.05) is 0 Å². The first-order valence-corrected chi connectivity index (χ1v) is 5.13. The van der Waals surface area contributed by atoms with E-state index in [2.05, 4.69) is 15.3 Å². The number of carboxylic acids is 1. The second-order valence-corrected chi connectivity index (χ2v) is 3.44. The molecular formula is C10H14N4O3. The number of nitrogens with two attached hydrogens (primary N) is 1. The van der Waals surface area contributed by atoms with Crippen molar-refractivity contribution in [2.75, 3.05) is 11.9 Å². The second-order valence-electron chi connectivity index (χ2n) is 3.44. The lowest BCUT2D eigenvalue weighted by Crippen LogP contribution is -2.24. The third-order valence-electron chi connectivity index (χ3n) is 2.29. The van der Waals surface area contributed by atoms with Crippen molar-refractivity contribution in [2.24, 2.45) is 11.7 Å². The molecule has 1 heterocycles. The first-order valence-electron chi connectivity index (χ1n) is 5.13. The van der Waals surface area contributed by atoms with Crippen LogP contribution in [0.5, 0.6) is 0 Å². The fraction of sp³-hybridized carbons (Fsp3) is 0.400. The Morgan fingerprint density at radius 1 is 1.47 bits per heavy atom. The Balaban J connectivity index is 2.75. The monoisotopic (exact) mass is 238 g/mol. The molecule has 0 aliphatic carbocycles. The van der Waals surface area contributed by atoms with Crippen LogP contribution in [0.4, 0.5) is 5.82 Å². The molecular weight excluding hydrogens is 224 g/mol. The third kappa shape index (κ3) is 3.40. The van der Waals surface area contributed by atoms with Gasteiger partial charge in [0.25, 0.3) is 5.91 Å². The number of hydrogen-bond donors (Lipinski definition) is 3. The van der Waals surface area contributed by atoms with Crippen LogP contribution in [-0.2, 0) is 4.79 Å². The Morgan fingerprint density at radius 2 is 2.12 bits per heavy atom. The number of nitrogens with one attached hydrogen (secondary N) is 1. The van der Waals surface area contributed by atoms with Gasteiger partial charge in [0, 0.05) is 18.9 Å². The zero-order valence-corrected chi connectivity index (χ0v) is 9.38. The fourth-order valence-corrected chi connectivity index (χ4v) is 1.27. The Kier molecular flexibility index (Phi) is 4.38. The van der Waals surface area contributed by atoms with Gasteiger partial charge in [0.15, 0.2) is 11.5 Å². The summed E-state index contributed by atoms with van der Waals surface area (Å²) in [4.78, 5) is 29.5. The van der Waals surface area contributed by atoms with Crippen LogP contribution >= 0.6 is 0 Å². The number of rotatable bonds is 6. The zero-order valence-electron chi connectivity index (χ0n) is 9.38. The molecule has 0 aromatic carbocycles. The molecule has 1 amide bonds. The number of hydrogen-bond acceptors (Lipinski definition) is 5. The number of aromatic nitrogens is 2. The number of primary amides is 1. The summed E-state index contributed by atoms with van der Waals surface area (Å²) in [6, 6.07) is 0. The highest BCUT2D eigenvalue weighted by Gasteiger charge is 2.17. The lowest BCUT2D eigenvalue weighted by Gasteiger charge is -2.12. The van der Waals surface area contributed by atoms with Crippen LogP contribution < -0.4 is 11.1 Å². The molecule has 92 valence electrons. The van der Waals surface area contributed by atoms with E-state index in [1.54, 1.807) is 6.92 Å². The van der Waals surface area contributed by atoms with Crippen molar-refractivity contribution in [1.29, 1.82) is 0 Å². The van der Waals surface area contributed by atoms with Gasteiger partial charge in [-0.15, -0.1) is 0 Å². The van der Waals surface area contributed by atoms with Crippen LogP contribution in [0.2, 0.25) is 0 Å². The van der Waals surface area contributed by atoms with Gasteiger partial charge in [-0.1, -0.05) is 6.92 Å². The summed E-state index contributed by atoms with van der Waals surface area (Å²) in [6.07, 6.45) is 3.23. The van der Waals surface area contributed by atoms with Crippen LogP contribution in [0.25, 0.3) is 0 Å². The standard InChI is InChI=1S/C10H14N4O3/c1-2-6(10(16)17)5-14-9-7(8(11)15)12-3-4-13-9/h3-4,6H,2,5H2,1H3,(H2,11,15)(H,13,14)(H,16,17). The van der Waals surface area contributed by atoms with Crippen molar-refractivity contribution in [3.8, 4) is 0 Å². The summed E-state index contributed by atoms with van der Waals surface area (Å²) < 4.78 is 0. The molecule has 1 aromatic rings. The molecule has 7 heteroatoms. The highest BCUT2D eigenvalue weighted by atomic mass is 16.4. The Labute approximate surface area is 98.1 Å². The Hall–Kier alpha value is -2.18. The van der Waals surface area contributed by atoms with Gasteiger partial charge in [-0.05, 0) is 6.42 Å². The van der Waals surface area contributed by atoms with E-state index < -0.39 is 17.8 Å². The van der Waals surface area contributed by atoms with E-state index in [1.165, 1.54) is 12.4 Å². The maximum Gasteiger partial charge on any atom is 0.308 e. The average Bonchev–Trinajstić information content (AvgIpc) is 2.29. The zero-order chi connectivity index (χ0) is 12.8. The average molecular weight is 238 g/mol. The highest BCUT2D eigenvalue weighted by Crippen LogP contribution is 2.10. The molecule has 1 atom stereocenters. The normalized spacial score (nSPS) is 11.8. The molecule has 1 rings (SSSR count). The summed E-state index contributed by atoms with van der Waals surface area (Å²) >= 11 is 0. The van der Waals surface area contributed by atoms with E-state index >= 15 is 0 Å². The molecule has 0 aliphatic heterocycles. The minimum Gasteiger partial charge on any atom is -0.481 e. The van der Waals surface area contributed by atoms with Gasteiger partial charge in [-0.25, -0.2) is 9.97 Å². The first-order chi connectivity index (χ1) is 8.06. The van der Waals surface area contributed by atoms with E-state index in [-0.39, 0.29) is 18.1 Å². The largest absolute Gasteiger partial charge is 0.481 e. The molecule has 17 heavy (non-hydrogen) atoms. The molecule has 0 aliphatic rings. The smallest absolute Gasteiger partial charge is 0.308 e. The molecule has 7 nitrogen and oxygen atoms in total. The van der Waals surface area contributed by atoms with E-state index in [9.17, 15) is 9.59 Å². The van der Waals surface area contributed by atoms with Gasteiger partial charge in [0.2, 0.25) is 0 Å². The van der Waals surface area contributed by atoms with Crippen LogP contribution in [-0.4, -0.2) is 33.5 Å². The molecule has 1 aromatic heterocycles. The molecule has 1 unspecified atom stereocenters. The first kappa shape index (κ1) is 12.9. The SMILES string of the molecule is CCC(CNc1nccnc1C(N)=O)C(=O)O. The predicted octanol–water partition coefficient (Wildman–Crippen LogP) is 0.0982. The van der Waals surface area contributed by atoms with Crippen LogP contribution in [0, 0.1) is 5.92 Å². The number of carboxylic acid groups (broad SMARTS) is 1. The van der Waals surface area contributed by atoms with Gasteiger partial charge in [-0.2, -0.15) is 0 Å². The Morgan fingerprint density at radius 3 is 2.65 bits per heavy atom. The number of nitrogens with zero attached hydrogens (tertiary/aromatic N) is 2. The van der Waals surface area contributed by atoms with Gasteiger partial charge >= 0.3 is 5.97 Å². The summed E-state index contributed by atoms with van der Waals surface area (Å²) in [5.74, 6) is -1.94. The van der Waals surface area contributed by atoms with E-state index in [0.29, 0.717) is 6.42 Å². The topological polar surface area (TPSA) is 118 Å². The lowest BCUT2D eigenvalue weighted by atomic mass is 10.1. The molecule has 0 spiro atoms. The van der Waals surface area contributed by atoms with Crippen molar-refractivity contribution in [2.45, 2.75) is 13.3 Å². The Bertz CT molecular complexity index is 422. The quantitative estimate of drug-likeness (QED) is 0.646. The van der Waals surface area contributed by atoms with Crippen molar-refractivity contribution in [3.63, 3.8) is 0 Å². The van der Waals surface area contributed by atoms with Crippen molar-refractivity contribution >= 4 is 17.7 Å². The number of aliphatic carboxylic acids is 1. The molecule has 0 bridgehead atoms. The summed E-state index contributed by atoms with van der Waals surface area (Å²) in [7, 11) is 0. The number of amides is 1. The van der Waals surface area contributed by atoms with Crippen LogP contribution in [0.1, 0.15) is 23.8 Å².